The van der Waals surface area contributed by atoms with Crippen molar-refractivity contribution in [2.45, 2.75) is 12.5 Å². The first-order chi connectivity index (χ1) is 9.04. The van der Waals surface area contributed by atoms with Crippen molar-refractivity contribution in [3.63, 3.8) is 0 Å². The van der Waals surface area contributed by atoms with E-state index in [1.54, 1.807) is 6.07 Å². The number of hydrogen-bond acceptors (Lipinski definition) is 5. The van der Waals surface area contributed by atoms with Crippen LogP contribution >= 0.6 is 22.9 Å². The summed E-state index contributed by atoms with van der Waals surface area (Å²) in [5.41, 5.74) is 0.821. The number of aromatic nitrogens is 1. The van der Waals surface area contributed by atoms with E-state index in [4.69, 9.17) is 11.6 Å². The van der Waals surface area contributed by atoms with E-state index in [-0.39, 0.29) is 18.2 Å². The summed E-state index contributed by atoms with van der Waals surface area (Å²) in [4.78, 5) is 28.7. The number of likely N-dealkylation sites (tertiary alicyclic amines) is 1. The number of fused-ring (bicyclic) bond motifs is 1. The summed E-state index contributed by atoms with van der Waals surface area (Å²) in [6.07, 6.45) is 0.173. The van der Waals surface area contributed by atoms with Gasteiger partial charge in [0.05, 0.1) is 16.6 Å². The monoisotopic (exact) mass is 295 g/mol. The van der Waals surface area contributed by atoms with Crippen molar-refractivity contribution in [3.05, 3.63) is 23.2 Å². The first kappa shape index (κ1) is 12.4. The molecule has 0 saturated carbocycles. The van der Waals surface area contributed by atoms with Gasteiger partial charge in [0.15, 0.2) is 5.13 Å². The van der Waals surface area contributed by atoms with Crippen molar-refractivity contribution in [2.75, 3.05) is 12.4 Å². The molecule has 0 bridgehead atoms. The zero-order valence-corrected chi connectivity index (χ0v) is 11.6. The number of benzene rings is 1. The molecule has 0 spiro atoms. The number of nitrogens with one attached hydrogen (secondary N) is 1. The maximum atomic E-state index is 11.8. The third-order valence-corrected chi connectivity index (χ3v) is 4.21. The highest BCUT2D eigenvalue weighted by Crippen LogP contribution is 2.29. The number of hydrogen-bond donors (Lipinski definition) is 1. The minimum absolute atomic E-state index is 0.173. The maximum absolute atomic E-state index is 11.8. The Morgan fingerprint density at radius 3 is 2.95 bits per heavy atom. The van der Waals surface area contributed by atoms with Crippen molar-refractivity contribution in [3.8, 4) is 0 Å². The number of carbonyl (C=O) groups is 2. The van der Waals surface area contributed by atoms with Gasteiger partial charge in [-0.15, -0.1) is 0 Å². The Labute approximate surface area is 118 Å². The second-order valence-electron chi connectivity index (χ2n) is 4.32. The number of carbonyl (C=O) groups excluding carboxylic acids is 2. The molecule has 1 aromatic heterocycles. The summed E-state index contributed by atoms with van der Waals surface area (Å²) in [5, 5.41) is 4.28. The van der Waals surface area contributed by atoms with Gasteiger partial charge in [-0.25, -0.2) is 4.98 Å². The van der Waals surface area contributed by atoms with Crippen molar-refractivity contribution in [1.82, 2.24) is 9.88 Å². The van der Waals surface area contributed by atoms with E-state index in [9.17, 15) is 9.59 Å². The molecule has 19 heavy (non-hydrogen) atoms. The Kier molecular flexibility index (Phi) is 2.91. The lowest BCUT2D eigenvalue weighted by atomic mass is 10.2. The van der Waals surface area contributed by atoms with Crippen LogP contribution in [0.2, 0.25) is 5.02 Å². The molecule has 1 fully saturated rings. The smallest absolute Gasteiger partial charge is 0.251 e. The molecule has 1 aliphatic rings. The van der Waals surface area contributed by atoms with Crippen LogP contribution in [0.4, 0.5) is 5.13 Å². The minimum atomic E-state index is -0.520. The number of thiazole rings is 1. The molecule has 1 aliphatic heterocycles. The Morgan fingerprint density at radius 1 is 1.47 bits per heavy atom. The highest BCUT2D eigenvalue weighted by Gasteiger charge is 2.36. The van der Waals surface area contributed by atoms with E-state index in [1.165, 1.54) is 18.4 Å². The summed E-state index contributed by atoms with van der Waals surface area (Å²) in [6, 6.07) is 4.90. The summed E-state index contributed by atoms with van der Waals surface area (Å²) < 4.78 is 0.945. The zero-order chi connectivity index (χ0) is 13.6. The molecule has 5 nitrogen and oxygen atoms in total. The van der Waals surface area contributed by atoms with E-state index in [2.05, 4.69) is 10.3 Å². The SMILES string of the molecule is CN1C(=O)CC(Nc2nc3ccc(Cl)cc3s2)C1=O. The number of anilines is 1. The molecule has 1 atom stereocenters. The van der Waals surface area contributed by atoms with E-state index < -0.39 is 6.04 Å². The molecule has 3 rings (SSSR count). The van der Waals surface area contributed by atoms with E-state index in [0.717, 1.165) is 15.1 Å². The Hall–Kier alpha value is -1.66. The molecule has 1 unspecified atom stereocenters. The lowest BCUT2D eigenvalue weighted by Gasteiger charge is -2.09. The number of likely N-dealkylation sites (N-methyl/N-ethyl adjacent to an activating group) is 1. The van der Waals surface area contributed by atoms with Crippen molar-refractivity contribution in [1.29, 1.82) is 0 Å². The van der Waals surface area contributed by atoms with Crippen molar-refractivity contribution >= 4 is 50.1 Å². The first-order valence-corrected chi connectivity index (χ1v) is 6.87. The summed E-state index contributed by atoms with van der Waals surface area (Å²) in [5.74, 6) is -0.394. The minimum Gasteiger partial charge on any atom is -0.349 e. The normalized spacial score (nSPS) is 19.5. The first-order valence-electron chi connectivity index (χ1n) is 5.67. The fraction of sp³-hybridized carbons (Fsp3) is 0.250. The third kappa shape index (κ3) is 2.17. The van der Waals surface area contributed by atoms with Crippen LogP contribution in [0.5, 0.6) is 0 Å². The molecule has 1 saturated heterocycles. The molecule has 0 radical (unpaired) electrons. The van der Waals surface area contributed by atoms with Crippen LogP contribution in [0, 0.1) is 0 Å². The molecular weight excluding hydrogens is 286 g/mol. The average molecular weight is 296 g/mol. The van der Waals surface area contributed by atoms with Crippen LogP contribution in [-0.2, 0) is 9.59 Å². The quantitative estimate of drug-likeness (QED) is 0.862. The van der Waals surface area contributed by atoms with Gasteiger partial charge in [-0.1, -0.05) is 22.9 Å². The Morgan fingerprint density at radius 2 is 2.26 bits per heavy atom. The molecule has 1 aromatic carbocycles. The number of rotatable bonds is 2. The lowest BCUT2D eigenvalue weighted by Crippen LogP contribution is -2.31. The number of nitrogens with zero attached hydrogens (tertiary/aromatic N) is 2. The molecule has 2 aromatic rings. The van der Waals surface area contributed by atoms with Gasteiger partial charge in [-0.05, 0) is 18.2 Å². The van der Waals surface area contributed by atoms with E-state index in [1.807, 2.05) is 12.1 Å². The number of imide groups is 1. The second-order valence-corrected chi connectivity index (χ2v) is 5.79. The average Bonchev–Trinajstić information content (AvgIpc) is 2.86. The number of amides is 2. The predicted molar refractivity (Wildman–Crippen MR) is 74.4 cm³/mol. The van der Waals surface area contributed by atoms with Gasteiger partial charge in [0.25, 0.3) is 5.91 Å². The van der Waals surface area contributed by atoms with Crippen LogP contribution < -0.4 is 5.32 Å². The van der Waals surface area contributed by atoms with Gasteiger partial charge < -0.3 is 5.32 Å². The summed E-state index contributed by atoms with van der Waals surface area (Å²) in [6.45, 7) is 0. The van der Waals surface area contributed by atoms with E-state index in [0.29, 0.717) is 10.2 Å². The molecule has 98 valence electrons. The van der Waals surface area contributed by atoms with Gasteiger partial charge in [-0.3, -0.25) is 14.5 Å². The summed E-state index contributed by atoms with van der Waals surface area (Å²) in [7, 11) is 1.49. The lowest BCUT2D eigenvalue weighted by molar-refractivity contribution is -0.136. The van der Waals surface area contributed by atoms with Gasteiger partial charge in [0, 0.05) is 12.1 Å². The van der Waals surface area contributed by atoms with Crippen LogP contribution in [0.25, 0.3) is 10.2 Å². The predicted octanol–water partition coefficient (Wildman–Crippen LogP) is 2.12. The molecule has 7 heteroatoms. The van der Waals surface area contributed by atoms with Crippen molar-refractivity contribution < 1.29 is 9.59 Å². The highest BCUT2D eigenvalue weighted by atomic mass is 35.5. The molecule has 2 heterocycles. The van der Waals surface area contributed by atoms with Gasteiger partial charge in [0.1, 0.15) is 6.04 Å². The molecule has 1 N–H and O–H groups in total. The van der Waals surface area contributed by atoms with Gasteiger partial charge in [-0.2, -0.15) is 0 Å². The number of halogens is 1. The van der Waals surface area contributed by atoms with Gasteiger partial charge in [0.2, 0.25) is 5.91 Å². The molecule has 2 amide bonds. The van der Waals surface area contributed by atoms with Crippen molar-refractivity contribution in [2.24, 2.45) is 0 Å². The van der Waals surface area contributed by atoms with Gasteiger partial charge >= 0.3 is 0 Å². The van der Waals surface area contributed by atoms with Crippen LogP contribution in [-0.4, -0.2) is 34.8 Å². The highest BCUT2D eigenvalue weighted by molar-refractivity contribution is 7.22. The maximum Gasteiger partial charge on any atom is 0.251 e. The Balaban J connectivity index is 1.86. The Bertz CT molecular complexity index is 685. The summed E-state index contributed by atoms with van der Waals surface area (Å²) >= 11 is 7.33. The van der Waals surface area contributed by atoms with E-state index >= 15 is 0 Å². The third-order valence-electron chi connectivity index (χ3n) is 3.03. The fourth-order valence-electron chi connectivity index (χ4n) is 1.98. The van der Waals surface area contributed by atoms with Crippen LogP contribution in [0.3, 0.4) is 0 Å². The molecular formula is C12H10ClN3O2S. The zero-order valence-electron chi connectivity index (χ0n) is 10.0. The second kappa shape index (κ2) is 4.47. The standard InChI is InChI=1S/C12H10ClN3O2S/c1-16-10(17)5-8(11(16)18)15-12-14-7-3-2-6(13)4-9(7)19-12/h2-4,8H,5H2,1H3,(H,14,15). The van der Waals surface area contributed by atoms with Crippen LogP contribution in [0.1, 0.15) is 6.42 Å². The topological polar surface area (TPSA) is 62.3 Å². The fourth-order valence-corrected chi connectivity index (χ4v) is 3.17. The van der Waals surface area contributed by atoms with Crippen LogP contribution in [0.15, 0.2) is 18.2 Å². The molecule has 0 aliphatic carbocycles. The largest absolute Gasteiger partial charge is 0.349 e.